The maximum absolute atomic E-state index is 13.2. The van der Waals surface area contributed by atoms with Gasteiger partial charge in [-0.1, -0.05) is 18.2 Å². The Labute approximate surface area is 161 Å². The van der Waals surface area contributed by atoms with Crippen molar-refractivity contribution in [1.29, 1.82) is 0 Å². The van der Waals surface area contributed by atoms with E-state index in [0.717, 1.165) is 16.0 Å². The summed E-state index contributed by atoms with van der Waals surface area (Å²) in [5, 5.41) is 4.09. The van der Waals surface area contributed by atoms with Crippen LogP contribution in [0.2, 0.25) is 0 Å². The molecule has 7 nitrogen and oxygen atoms in total. The normalized spacial score (nSPS) is 13.3. The fourth-order valence-electron chi connectivity index (χ4n) is 2.89. The predicted molar refractivity (Wildman–Crippen MR) is 104 cm³/mol. The van der Waals surface area contributed by atoms with Gasteiger partial charge >= 0.3 is 0 Å². The van der Waals surface area contributed by atoms with E-state index in [-0.39, 0.29) is 10.9 Å². The lowest BCUT2D eigenvalue weighted by Gasteiger charge is -2.25. The molecule has 0 amide bonds. The number of aromatic nitrogens is 4. The van der Waals surface area contributed by atoms with Crippen LogP contribution >= 0.6 is 11.3 Å². The van der Waals surface area contributed by atoms with E-state index in [2.05, 4.69) is 15.1 Å². The summed E-state index contributed by atoms with van der Waals surface area (Å²) >= 11 is 1.43. The summed E-state index contributed by atoms with van der Waals surface area (Å²) < 4.78 is 30.2. The molecule has 138 valence electrons. The quantitative estimate of drug-likeness (QED) is 0.514. The average Bonchev–Trinajstić information content (AvgIpc) is 3.38. The first-order valence-electron chi connectivity index (χ1n) is 8.23. The van der Waals surface area contributed by atoms with Crippen LogP contribution in [0.4, 0.5) is 0 Å². The zero-order chi connectivity index (χ0) is 19.0. The zero-order valence-corrected chi connectivity index (χ0v) is 16.4. The van der Waals surface area contributed by atoms with E-state index in [1.807, 2.05) is 37.3 Å². The number of para-hydroxylation sites is 1. The Hall–Kier alpha value is -2.62. The molecule has 0 saturated carbocycles. The van der Waals surface area contributed by atoms with E-state index in [0.29, 0.717) is 5.52 Å². The molecule has 0 aliphatic carbocycles. The van der Waals surface area contributed by atoms with Gasteiger partial charge in [0.05, 0.1) is 15.9 Å². The van der Waals surface area contributed by atoms with Gasteiger partial charge in [0.2, 0.25) is 10.0 Å². The van der Waals surface area contributed by atoms with Crippen molar-refractivity contribution in [3.05, 3.63) is 66.2 Å². The smallest absolute Gasteiger partial charge is 0.243 e. The van der Waals surface area contributed by atoms with Crippen LogP contribution in [-0.2, 0) is 10.0 Å². The van der Waals surface area contributed by atoms with Crippen LogP contribution in [0.25, 0.3) is 15.9 Å². The van der Waals surface area contributed by atoms with Crippen molar-refractivity contribution >= 4 is 31.6 Å². The van der Waals surface area contributed by atoms with Gasteiger partial charge in [-0.15, -0.1) is 11.3 Å². The minimum absolute atomic E-state index is 0.231. The van der Waals surface area contributed by atoms with Crippen molar-refractivity contribution < 1.29 is 8.42 Å². The van der Waals surface area contributed by atoms with Crippen molar-refractivity contribution in [2.24, 2.45) is 0 Å². The first-order chi connectivity index (χ1) is 13.0. The van der Waals surface area contributed by atoms with Crippen LogP contribution in [-0.4, -0.2) is 39.5 Å². The molecule has 9 heteroatoms. The largest absolute Gasteiger partial charge is 0.245 e. The molecule has 0 aliphatic heterocycles. The van der Waals surface area contributed by atoms with Crippen LogP contribution in [0.3, 0.4) is 0 Å². The zero-order valence-electron chi connectivity index (χ0n) is 14.7. The number of nitrogens with zero attached hydrogens (tertiary/aromatic N) is 5. The van der Waals surface area contributed by atoms with Crippen LogP contribution in [0.15, 0.2) is 65.5 Å². The summed E-state index contributed by atoms with van der Waals surface area (Å²) in [7, 11) is -2.09. The van der Waals surface area contributed by atoms with E-state index >= 15 is 0 Å². The van der Waals surface area contributed by atoms with Crippen LogP contribution in [0, 0.1) is 0 Å². The summed E-state index contributed by atoms with van der Waals surface area (Å²) in [6, 6.07) is 12.5. The van der Waals surface area contributed by atoms with E-state index in [1.54, 1.807) is 35.7 Å². The van der Waals surface area contributed by atoms with Gasteiger partial charge in [0.15, 0.2) is 0 Å². The van der Waals surface area contributed by atoms with Gasteiger partial charge in [0, 0.05) is 13.1 Å². The van der Waals surface area contributed by atoms with Gasteiger partial charge in [-0.3, -0.25) is 0 Å². The Morgan fingerprint density at radius 3 is 2.63 bits per heavy atom. The number of rotatable bonds is 5. The lowest BCUT2D eigenvalue weighted by Crippen LogP contribution is -2.30. The standard InChI is InChI=1S/C18H17N5O2S2/c1-13(14-6-8-15(9-7-14)23-11-19-10-21-23)22(2)27(24,25)17-5-3-4-16-18(17)20-12-26-16/h3-13H,1-2H3/t13-/m1/s1. The Morgan fingerprint density at radius 2 is 1.93 bits per heavy atom. The molecule has 27 heavy (non-hydrogen) atoms. The fraction of sp³-hybridized carbons (Fsp3) is 0.167. The second kappa shape index (κ2) is 6.84. The summed E-state index contributed by atoms with van der Waals surface area (Å²) in [4.78, 5) is 8.40. The number of sulfonamides is 1. The second-order valence-electron chi connectivity index (χ2n) is 6.08. The monoisotopic (exact) mass is 399 g/mol. The molecule has 0 N–H and O–H groups in total. The number of thiazole rings is 1. The molecule has 4 aromatic rings. The van der Waals surface area contributed by atoms with Crippen LogP contribution < -0.4 is 0 Å². The van der Waals surface area contributed by atoms with Gasteiger partial charge in [-0.2, -0.15) is 9.40 Å². The second-order valence-corrected chi connectivity index (χ2v) is 8.94. The summed E-state index contributed by atoms with van der Waals surface area (Å²) in [5.74, 6) is 0. The van der Waals surface area contributed by atoms with Crippen molar-refractivity contribution in [3.8, 4) is 5.69 Å². The van der Waals surface area contributed by atoms with E-state index in [9.17, 15) is 8.42 Å². The van der Waals surface area contributed by atoms with Crippen LogP contribution in [0.1, 0.15) is 18.5 Å². The fourth-order valence-corrected chi connectivity index (χ4v) is 5.16. The van der Waals surface area contributed by atoms with Gasteiger partial charge in [0.25, 0.3) is 0 Å². The van der Waals surface area contributed by atoms with E-state index in [4.69, 9.17) is 0 Å². The first kappa shape index (κ1) is 17.8. The molecule has 0 radical (unpaired) electrons. The number of hydrogen-bond donors (Lipinski definition) is 0. The van der Waals surface area contributed by atoms with Crippen molar-refractivity contribution in [3.63, 3.8) is 0 Å². The van der Waals surface area contributed by atoms with Gasteiger partial charge in [0.1, 0.15) is 23.1 Å². The highest BCUT2D eigenvalue weighted by molar-refractivity contribution is 7.89. The summed E-state index contributed by atoms with van der Waals surface area (Å²) in [6.07, 6.45) is 3.08. The highest BCUT2D eigenvalue weighted by Crippen LogP contribution is 2.31. The maximum atomic E-state index is 13.2. The molecular weight excluding hydrogens is 382 g/mol. The van der Waals surface area contributed by atoms with Gasteiger partial charge in [-0.05, 0) is 36.8 Å². The van der Waals surface area contributed by atoms with Gasteiger partial charge < -0.3 is 0 Å². The number of hydrogen-bond acceptors (Lipinski definition) is 6. The Kier molecular flexibility index (Phi) is 4.50. The van der Waals surface area contributed by atoms with E-state index in [1.165, 1.54) is 22.0 Å². The molecule has 0 aliphatic rings. The van der Waals surface area contributed by atoms with Gasteiger partial charge in [-0.25, -0.2) is 23.1 Å². The molecule has 2 aromatic heterocycles. The molecule has 2 heterocycles. The lowest BCUT2D eigenvalue weighted by molar-refractivity contribution is 0.399. The maximum Gasteiger partial charge on any atom is 0.245 e. The Balaban J connectivity index is 1.65. The molecule has 0 unspecified atom stereocenters. The highest BCUT2D eigenvalue weighted by Gasteiger charge is 2.28. The molecule has 0 fully saturated rings. The molecule has 2 aromatic carbocycles. The van der Waals surface area contributed by atoms with Crippen molar-refractivity contribution in [2.45, 2.75) is 17.9 Å². The number of benzene rings is 2. The molecular formula is C18H17N5O2S2. The molecule has 4 rings (SSSR count). The average molecular weight is 400 g/mol. The summed E-state index contributed by atoms with van der Waals surface area (Å²) in [6.45, 7) is 1.86. The first-order valence-corrected chi connectivity index (χ1v) is 10.6. The third-order valence-electron chi connectivity index (χ3n) is 4.58. The SMILES string of the molecule is C[C@H](c1ccc(-n2cncn2)cc1)N(C)S(=O)(=O)c1cccc2scnc12. The third kappa shape index (κ3) is 3.14. The Morgan fingerprint density at radius 1 is 1.15 bits per heavy atom. The topological polar surface area (TPSA) is 81.0 Å². The predicted octanol–water partition coefficient (Wildman–Crippen LogP) is 3.26. The minimum Gasteiger partial charge on any atom is -0.243 e. The minimum atomic E-state index is -3.69. The van der Waals surface area contributed by atoms with Crippen molar-refractivity contribution in [2.75, 3.05) is 7.05 Å². The van der Waals surface area contributed by atoms with E-state index < -0.39 is 10.0 Å². The highest BCUT2D eigenvalue weighted by atomic mass is 32.2. The molecule has 0 bridgehead atoms. The van der Waals surface area contributed by atoms with Crippen LogP contribution in [0.5, 0.6) is 0 Å². The molecule has 1 atom stereocenters. The third-order valence-corrected chi connectivity index (χ3v) is 7.34. The summed E-state index contributed by atoms with van der Waals surface area (Å²) in [5.41, 5.74) is 3.93. The van der Waals surface area contributed by atoms with Crippen molar-refractivity contribution in [1.82, 2.24) is 24.1 Å². The molecule has 0 saturated heterocycles. The number of fused-ring (bicyclic) bond motifs is 1. The molecule has 0 spiro atoms. The Bertz CT molecular complexity index is 1170. The lowest BCUT2D eigenvalue weighted by atomic mass is 10.1.